The Morgan fingerprint density at radius 1 is 1.33 bits per heavy atom. The number of nitrogens with zero attached hydrogens (tertiary/aromatic N) is 1. The third-order valence-electron chi connectivity index (χ3n) is 3.95. The first-order chi connectivity index (χ1) is 11.6. The van der Waals surface area contributed by atoms with Crippen LogP contribution in [0.3, 0.4) is 0 Å². The van der Waals surface area contributed by atoms with Crippen LogP contribution in [0.15, 0.2) is 36.4 Å². The number of nitrogen functional groups attached to an aromatic ring is 1. The number of benzene rings is 2. The quantitative estimate of drug-likeness (QED) is 0.689. The van der Waals surface area contributed by atoms with Crippen LogP contribution in [0.1, 0.15) is 21.5 Å². The molecule has 4 N–H and O–H groups in total. The number of aromatic amines is 1. The molecule has 6 heteroatoms. The smallest absolute Gasteiger partial charge is 0.255 e. The highest BCUT2D eigenvalue weighted by atomic mass is 16.5. The van der Waals surface area contributed by atoms with Gasteiger partial charge in [0.05, 0.1) is 12.6 Å². The number of nitrogens with two attached hydrogens (primary N) is 1. The maximum atomic E-state index is 12.4. The molecule has 0 spiro atoms. The Morgan fingerprint density at radius 3 is 2.67 bits per heavy atom. The number of methoxy groups -OCH3 is 1. The van der Waals surface area contributed by atoms with Crippen LogP contribution in [0, 0.1) is 18.3 Å². The minimum absolute atomic E-state index is 0.234. The van der Waals surface area contributed by atoms with Gasteiger partial charge in [-0.05, 0) is 24.6 Å². The molecular weight excluding hydrogens is 304 g/mol. The fourth-order valence-electron chi connectivity index (χ4n) is 2.72. The van der Waals surface area contributed by atoms with Gasteiger partial charge in [0.15, 0.2) is 0 Å². The van der Waals surface area contributed by atoms with Crippen molar-refractivity contribution in [2.45, 2.75) is 6.92 Å². The average Bonchev–Trinajstić information content (AvgIpc) is 2.94. The normalized spacial score (nSPS) is 10.4. The molecule has 2 aromatic carbocycles. The van der Waals surface area contributed by atoms with Gasteiger partial charge >= 0.3 is 0 Å². The second-order valence-electron chi connectivity index (χ2n) is 5.35. The molecule has 0 aliphatic carbocycles. The number of amides is 1. The number of hydrogen-bond donors (Lipinski definition) is 3. The molecule has 1 heterocycles. The highest BCUT2D eigenvalue weighted by Gasteiger charge is 2.19. The lowest BCUT2D eigenvalue weighted by Crippen LogP contribution is -2.12. The van der Waals surface area contributed by atoms with Gasteiger partial charge in [-0.2, -0.15) is 5.26 Å². The van der Waals surface area contributed by atoms with Crippen molar-refractivity contribution in [1.29, 1.82) is 5.26 Å². The summed E-state index contributed by atoms with van der Waals surface area (Å²) in [6, 6.07) is 12.7. The van der Waals surface area contributed by atoms with Crippen LogP contribution in [0.5, 0.6) is 5.75 Å². The number of rotatable bonds is 3. The minimum atomic E-state index is -0.234. The number of carbonyl (C=O) groups excluding carboxylic acids is 1. The van der Waals surface area contributed by atoms with Crippen LogP contribution in [0.25, 0.3) is 10.9 Å². The zero-order valence-electron chi connectivity index (χ0n) is 13.3. The molecule has 120 valence electrons. The summed E-state index contributed by atoms with van der Waals surface area (Å²) in [6.45, 7) is 1.83. The van der Waals surface area contributed by atoms with Gasteiger partial charge in [0, 0.05) is 22.7 Å². The van der Waals surface area contributed by atoms with E-state index in [0.29, 0.717) is 33.5 Å². The summed E-state index contributed by atoms with van der Waals surface area (Å²) in [7, 11) is 1.52. The number of ether oxygens (including phenoxy) is 1. The second kappa shape index (κ2) is 5.97. The largest absolute Gasteiger partial charge is 0.494 e. The topological polar surface area (TPSA) is 104 Å². The third-order valence-corrected chi connectivity index (χ3v) is 3.95. The van der Waals surface area contributed by atoms with Gasteiger partial charge in [-0.1, -0.05) is 18.2 Å². The molecule has 0 saturated heterocycles. The summed E-state index contributed by atoms with van der Waals surface area (Å²) < 4.78 is 5.38. The van der Waals surface area contributed by atoms with Gasteiger partial charge in [-0.3, -0.25) is 4.79 Å². The zero-order chi connectivity index (χ0) is 17.3. The molecule has 0 aliphatic rings. The van der Waals surface area contributed by atoms with Crippen molar-refractivity contribution in [3.05, 3.63) is 53.1 Å². The van der Waals surface area contributed by atoms with Gasteiger partial charge in [0.1, 0.15) is 23.2 Å². The van der Waals surface area contributed by atoms with E-state index >= 15 is 0 Å². The van der Waals surface area contributed by atoms with E-state index in [2.05, 4.69) is 16.4 Å². The fraction of sp³-hybridized carbons (Fsp3) is 0.111. The molecule has 0 fully saturated rings. The predicted octanol–water partition coefficient (Wildman–Crippen LogP) is 3.19. The van der Waals surface area contributed by atoms with Crippen molar-refractivity contribution in [2.24, 2.45) is 0 Å². The maximum Gasteiger partial charge on any atom is 0.255 e. The number of carbonyl (C=O) groups is 1. The summed E-state index contributed by atoms with van der Waals surface area (Å²) in [4.78, 5) is 15.4. The Hall–Kier alpha value is -3.46. The summed E-state index contributed by atoms with van der Waals surface area (Å²) in [5, 5.41) is 12.9. The Labute approximate surface area is 138 Å². The first-order valence-corrected chi connectivity index (χ1v) is 7.32. The van der Waals surface area contributed by atoms with E-state index in [1.54, 1.807) is 30.3 Å². The third kappa shape index (κ3) is 2.42. The van der Waals surface area contributed by atoms with Crippen LogP contribution in [-0.2, 0) is 0 Å². The Morgan fingerprint density at radius 2 is 2.04 bits per heavy atom. The van der Waals surface area contributed by atoms with Gasteiger partial charge in [0.25, 0.3) is 5.91 Å². The SMILES string of the molecule is COc1cc(NC(=O)c2ccccc2)c(C)c2c(C#N)c(N)[nH]c12. The van der Waals surface area contributed by atoms with E-state index < -0.39 is 0 Å². The van der Waals surface area contributed by atoms with Crippen molar-refractivity contribution in [2.75, 3.05) is 18.2 Å². The number of nitriles is 1. The number of H-pyrrole nitrogens is 1. The zero-order valence-corrected chi connectivity index (χ0v) is 13.3. The molecule has 1 amide bonds. The molecule has 1 aromatic heterocycles. The van der Waals surface area contributed by atoms with Crippen LogP contribution >= 0.6 is 0 Å². The molecule has 6 nitrogen and oxygen atoms in total. The monoisotopic (exact) mass is 320 g/mol. The van der Waals surface area contributed by atoms with Crippen molar-refractivity contribution >= 4 is 28.3 Å². The number of aryl methyl sites for hydroxylation is 1. The minimum Gasteiger partial charge on any atom is -0.494 e. The molecular formula is C18H16N4O2. The predicted molar refractivity (Wildman–Crippen MR) is 93.1 cm³/mol. The number of nitrogens with one attached hydrogen (secondary N) is 2. The first-order valence-electron chi connectivity index (χ1n) is 7.32. The van der Waals surface area contributed by atoms with Crippen LogP contribution < -0.4 is 15.8 Å². The number of hydrogen-bond acceptors (Lipinski definition) is 4. The second-order valence-corrected chi connectivity index (χ2v) is 5.35. The molecule has 3 aromatic rings. The van der Waals surface area contributed by atoms with Gasteiger partial charge in [-0.25, -0.2) is 0 Å². The maximum absolute atomic E-state index is 12.4. The molecule has 3 rings (SSSR count). The summed E-state index contributed by atoms with van der Waals surface area (Å²) in [5.74, 6) is 0.551. The Balaban J connectivity index is 2.14. The molecule has 0 atom stereocenters. The van der Waals surface area contributed by atoms with Gasteiger partial charge < -0.3 is 20.8 Å². The molecule has 0 aliphatic heterocycles. The van der Waals surface area contributed by atoms with E-state index in [4.69, 9.17) is 10.5 Å². The Bertz CT molecular complexity index is 968. The molecule has 0 unspecified atom stereocenters. The van der Waals surface area contributed by atoms with Crippen LogP contribution in [-0.4, -0.2) is 18.0 Å². The van der Waals surface area contributed by atoms with Gasteiger partial charge in [-0.15, -0.1) is 0 Å². The van der Waals surface area contributed by atoms with Gasteiger partial charge in [0.2, 0.25) is 0 Å². The molecule has 0 radical (unpaired) electrons. The van der Waals surface area contributed by atoms with Crippen molar-refractivity contribution < 1.29 is 9.53 Å². The average molecular weight is 320 g/mol. The van der Waals surface area contributed by atoms with Crippen LogP contribution in [0.2, 0.25) is 0 Å². The lowest BCUT2D eigenvalue weighted by molar-refractivity contribution is 0.102. The fourth-order valence-corrected chi connectivity index (χ4v) is 2.72. The van der Waals surface area contributed by atoms with Crippen molar-refractivity contribution in [1.82, 2.24) is 4.98 Å². The number of fused-ring (bicyclic) bond motifs is 1. The van der Waals surface area contributed by atoms with E-state index in [1.807, 2.05) is 13.0 Å². The molecule has 0 saturated carbocycles. The van der Waals surface area contributed by atoms with E-state index in [9.17, 15) is 10.1 Å². The first kappa shape index (κ1) is 15.4. The summed E-state index contributed by atoms with van der Waals surface area (Å²) in [5.41, 5.74) is 8.73. The van der Waals surface area contributed by atoms with Crippen molar-refractivity contribution in [3.63, 3.8) is 0 Å². The highest BCUT2D eigenvalue weighted by Crippen LogP contribution is 2.37. The molecule has 0 bridgehead atoms. The lowest BCUT2D eigenvalue weighted by atomic mass is 10.0. The summed E-state index contributed by atoms with van der Waals surface area (Å²) in [6.07, 6.45) is 0. The number of anilines is 2. The van der Waals surface area contributed by atoms with E-state index in [1.165, 1.54) is 7.11 Å². The van der Waals surface area contributed by atoms with E-state index in [-0.39, 0.29) is 11.7 Å². The number of aromatic nitrogens is 1. The highest BCUT2D eigenvalue weighted by molar-refractivity contribution is 6.08. The lowest BCUT2D eigenvalue weighted by Gasteiger charge is -2.12. The standard InChI is InChI=1S/C18H16N4O2/c1-10-13(21-18(23)11-6-4-3-5-7-11)8-14(24-2)16-15(10)12(9-19)17(20)22-16/h3-8,22H,20H2,1-2H3,(H,21,23). The summed E-state index contributed by atoms with van der Waals surface area (Å²) >= 11 is 0. The van der Waals surface area contributed by atoms with E-state index in [0.717, 1.165) is 5.56 Å². The van der Waals surface area contributed by atoms with Crippen molar-refractivity contribution in [3.8, 4) is 11.8 Å². The molecule has 24 heavy (non-hydrogen) atoms. The van der Waals surface area contributed by atoms with Crippen LogP contribution in [0.4, 0.5) is 11.5 Å². The Kier molecular flexibility index (Phi) is 3.84.